The third-order valence-electron chi connectivity index (χ3n) is 3.99. The van der Waals surface area contributed by atoms with E-state index in [-0.39, 0.29) is 17.5 Å². The van der Waals surface area contributed by atoms with Crippen molar-refractivity contribution < 1.29 is 19.1 Å². The molecule has 0 saturated heterocycles. The van der Waals surface area contributed by atoms with E-state index >= 15 is 0 Å². The second-order valence-electron chi connectivity index (χ2n) is 5.96. The molecule has 0 aliphatic rings. The van der Waals surface area contributed by atoms with Crippen LogP contribution in [0.2, 0.25) is 0 Å². The SMILES string of the molecule is COc1cc(OC)cc(C(=O)Nc2nc(C(=O)NCCc3cccnc3)cs2)c1. The number of carbonyl (C=O) groups excluding carboxylic acids is 2. The van der Waals surface area contributed by atoms with Gasteiger partial charge in [-0.3, -0.25) is 19.9 Å². The van der Waals surface area contributed by atoms with Gasteiger partial charge in [-0.05, 0) is 30.2 Å². The lowest BCUT2D eigenvalue weighted by Gasteiger charge is -2.08. The highest BCUT2D eigenvalue weighted by atomic mass is 32.1. The largest absolute Gasteiger partial charge is 0.497 e. The Morgan fingerprint density at radius 3 is 2.52 bits per heavy atom. The van der Waals surface area contributed by atoms with Gasteiger partial charge in [-0.25, -0.2) is 4.98 Å². The highest BCUT2D eigenvalue weighted by molar-refractivity contribution is 7.14. The fraction of sp³-hybridized carbons (Fsp3) is 0.200. The second-order valence-corrected chi connectivity index (χ2v) is 6.82. The average Bonchev–Trinajstić information content (AvgIpc) is 3.22. The number of anilines is 1. The first-order valence-electron chi connectivity index (χ1n) is 8.76. The van der Waals surface area contributed by atoms with Crippen molar-refractivity contribution in [2.24, 2.45) is 0 Å². The van der Waals surface area contributed by atoms with Gasteiger partial charge in [-0.2, -0.15) is 0 Å². The van der Waals surface area contributed by atoms with Crippen LogP contribution in [0.25, 0.3) is 0 Å². The smallest absolute Gasteiger partial charge is 0.270 e. The summed E-state index contributed by atoms with van der Waals surface area (Å²) in [6.45, 7) is 0.466. The minimum absolute atomic E-state index is 0.250. The lowest BCUT2D eigenvalue weighted by Crippen LogP contribution is -2.26. The molecule has 150 valence electrons. The molecule has 0 atom stereocenters. The number of hydrogen-bond acceptors (Lipinski definition) is 7. The third-order valence-corrected chi connectivity index (χ3v) is 4.75. The van der Waals surface area contributed by atoms with Crippen LogP contribution in [0, 0.1) is 0 Å². The minimum atomic E-state index is -0.375. The van der Waals surface area contributed by atoms with Crippen LogP contribution in [-0.4, -0.2) is 42.5 Å². The third kappa shape index (κ3) is 5.52. The lowest BCUT2D eigenvalue weighted by molar-refractivity contribution is 0.0948. The number of aromatic nitrogens is 2. The van der Waals surface area contributed by atoms with E-state index in [0.717, 1.165) is 5.56 Å². The first-order valence-corrected chi connectivity index (χ1v) is 9.64. The zero-order valence-electron chi connectivity index (χ0n) is 16.0. The normalized spacial score (nSPS) is 10.3. The molecule has 3 rings (SSSR count). The van der Waals surface area contributed by atoms with Crippen LogP contribution in [0.15, 0.2) is 48.1 Å². The van der Waals surface area contributed by atoms with Gasteiger partial charge in [0.25, 0.3) is 11.8 Å². The molecule has 0 spiro atoms. The molecule has 0 aliphatic carbocycles. The van der Waals surface area contributed by atoms with E-state index in [0.29, 0.717) is 35.2 Å². The second kappa shape index (κ2) is 9.65. The maximum absolute atomic E-state index is 12.5. The molecule has 0 aliphatic heterocycles. The van der Waals surface area contributed by atoms with Crippen LogP contribution in [0.3, 0.4) is 0 Å². The highest BCUT2D eigenvalue weighted by Crippen LogP contribution is 2.24. The topological polar surface area (TPSA) is 102 Å². The van der Waals surface area contributed by atoms with Gasteiger partial charge in [0.1, 0.15) is 17.2 Å². The Hall–Kier alpha value is -3.46. The summed E-state index contributed by atoms with van der Waals surface area (Å²) in [7, 11) is 3.02. The maximum atomic E-state index is 12.5. The number of ether oxygens (including phenoxy) is 2. The first kappa shape index (κ1) is 20.3. The number of amides is 2. The first-order chi connectivity index (χ1) is 14.1. The predicted octanol–water partition coefficient (Wildman–Crippen LogP) is 2.78. The molecule has 29 heavy (non-hydrogen) atoms. The van der Waals surface area contributed by atoms with Crippen molar-refractivity contribution in [2.45, 2.75) is 6.42 Å². The molecule has 2 aromatic heterocycles. The van der Waals surface area contributed by atoms with Gasteiger partial charge >= 0.3 is 0 Å². The zero-order chi connectivity index (χ0) is 20.6. The van der Waals surface area contributed by atoms with E-state index in [1.54, 1.807) is 36.0 Å². The number of rotatable bonds is 8. The molecule has 2 heterocycles. The maximum Gasteiger partial charge on any atom is 0.270 e. The number of carbonyl (C=O) groups is 2. The molecule has 2 amide bonds. The number of pyridine rings is 1. The summed E-state index contributed by atoms with van der Waals surface area (Å²) in [4.78, 5) is 33.0. The lowest BCUT2D eigenvalue weighted by atomic mass is 10.2. The monoisotopic (exact) mass is 412 g/mol. The molecular weight excluding hydrogens is 392 g/mol. The van der Waals surface area contributed by atoms with E-state index in [2.05, 4.69) is 20.6 Å². The molecule has 2 N–H and O–H groups in total. The molecule has 1 aromatic carbocycles. The molecule has 8 nitrogen and oxygen atoms in total. The van der Waals surface area contributed by atoms with Gasteiger partial charge in [-0.1, -0.05) is 6.07 Å². The number of methoxy groups -OCH3 is 2. The fourth-order valence-electron chi connectivity index (χ4n) is 2.50. The number of nitrogens with one attached hydrogen (secondary N) is 2. The zero-order valence-corrected chi connectivity index (χ0v) is 16.8. The molecule has 0 fully saturated rings. The highest BCUT2D eigenvalue weighted by Gasteiger charge is 2.15. The Balaban J connectivity index is 1.58. The Labute approximate surface area is 171 Å². The summed E-state index contributed by atoms with van der Waals surface area (Å²) in [5.74, 6) is 0.332. The van der Waals surface area contributed by atoms with E-state index in [9.17, 15) is 9.59 Å². The van der Waals surface area contributed by atoms with E-state index in [4.69, 9.17) is 9.47 Å². The molecule has 0 bridgehead atoms. The van der Waals surface area contributed by atoms with Crippen LogP contribution in [0.4, 0.5) is 5.13 Å². The van der Waals surface area contributed by atoms with Crippen molar-refractivity contribution in [3.8, 4) is 11.5 Å². The molecule has 9 heteroatoms. The summed E-state index contributed by atoms with van der Waals surface area (Å²) in [5, 5.41) is 7.42. The summed E-state index contributed by atoms with van der Waals surface area (Å²) >= 11 is 1.17. The molecule has 0 radical (unpaired) electrons. The summed E-state index contributed by atoms with van der Waals surface area (Å²) in [6.07, 6.45) is 4.13. The summed E-state index contributed by atoms with van der Waals surface area (Å²) < 4.78 is 10.3. The van der Waals surface area contributed by atoms with E-state index < -0.39 is 0 Å². The average molecular weight is 412 g/mol. The minimum Gasteiger partial charge on any atom is -0.497 e. The Kier molecular flexibility index (Phi) is 6.75. The molecule has 3 aromatic rings. The molecular formula is C20H20N4O4S. The van der Waals surface area contributed by atoms with Crippen LogP contribution in [-0.2, 0) is 6.42 Å². The van der Waals surface area contributed by atoms with Crippen LogP contribution < -0.4 is 20.1 Å². The van der Waals surface area contributed by atoms with Crippen molar-refractivity contribution in [2.75, 3.05) is 26.1 Å². The van der Waals surface area contributed by atoms with Crippen LogP contribution >= 0.6 is 11.3 Å². The van der Waals surface area contributed by atoms with Crippen molar-refractivity contribution in [3.05, 3.63) is 64.9 Å². The summed E-state index contributed by atoms with van der Waals surface area (Å²) in [5.41, 5.74) is 1.64. The van der Waals surface area contributed by atoms with Gasteiger partial charge in [-0.15, -0.1) is 11.3 Å². The van der Waals surface area contributed by atoms with Crippen molar-refractivity contribution in [3.63, 3.8) is 0 Å². The van der Waals surface area contributed by atoms with Gasteiger partial charge in [0, 0.05) is 35.9 Å². The van der Waals surface area contributed by atoms with Crippen molar-refractivity contribution >= 4 is 28.3 Å². The van der Waals surface area contributed by atoms with Crippen LogP contribution in [0.1, 0.15) is 26.4 Å². The number of thiazole rings is 1. The number of nitrogens with zero attached hydrogens (tertiary/aromatic N) is 2. The summed E-state index contributed by atoms with van der Waals surface area (Å²) in [6, 6.07) is 8.66. The Bertz CT molecular complexity index is 969. The Morgan fingerprint density at radius 2 is 1.86 bits per heavy atom. The molecule has 0 saturated carbocycles. The fourth-order valence-corrected chi connectivity index (χ4v) is 3.19. The van der Waals surface area contributed by atoms with Gasteiger partial charge in [0.05, 0.1) is 14.2 Å². The van der Waals surface area contributed by atoms with Crippen molar-refractivity contribution in [1.82, 2.24) is 15.3 Å². The predicted molar refractivity (Wildman–Crippen MR) is 110 cm³/mol. The van der Waals surface area contributed by atoms with E-state index in [1.807, 2.05) is 12.1 Å². The number of benzene rings is 1. The molecule has 0 unspecified atom stereocenters. The van der Waals surface area contributed by atoms with Gasteiger partial charge in [0.2, 0.25) is 0 Å². The number of hydrogen-bond donors (Lipinski definition) is 2. The van der Waals surface area contributed by atoms with Gasteiger partial charge < -0.3 is 14.8 Å². The Morgan fingerprint density at radius 1 is 1.10 bits per heavy atom. The standard InChI is InChI=1S/C20H20N4O4S/c1-27-15-8-14(9-16(10-15)28-2)18(25)24-20-23-17(12-29-20)19(26)22-7-5-13-4-3-6-21-11-13/h3-4,6,8-12H,5,7H2,1-2H3,(H,22,26)(H,23,24,25). The quantitative estimate of drug-likeness (QED) is 0.590. The van der Waals surface area contributed by atoms with Gasteiger partial charge in [0.15, 0.2) is 5.13 Å². The van der Waals surface area contributed by atoms with Crippen LogP contribution in [0.5, 0.6) is 11.5 Å². The van der Waals surface area contributed by atoms with E-state index in [1.165, 1.54) is 25.6 Å². The van der Waals surface area contributed by atoms with Crippen molar-refractivity contribution in [1.29, 1.82) is 0 Å².